The molecule has 0 heterocycles. The Morgan fingerprint density at radius 2 is 1.75 bits per heavy atom. The van der Waals surface area contributed by atoms with E-state index >= 15 is 0 Å². The number of alkyl halides is 3. The number of likely N-dealkylation sites (N-methyl/N-ethyl adjacent to an activating group) is 1. The molecule has 0 saturated heterocycles. The van der Waals surface area contributed by atoms with Gasteiger partial charge in [-0.2, -0.15) is 13.2 Å². The van der Waals surface area contributed by atoms with Crippen LogP contribution in [-0.4, -0.2) is 42.8 Å². The van der Waals surface area contributed by atoms with Gasteiger partial charge in [-0.3, -0.25) is 4.90 Å². The van der Waals surface area contributed by atoms with Gasteiger partial charge in [0.05, 0.1) is 6.54 Å². The van der Waals surface area contributed by atoms with E-state index in [2.05, 4.69) is 5.32 Å². The molecule has 2 nitrogen and oxygen atoms in total. The number of hydrogen-bond acceptors (Lipinski definition) is 2. The van der Waals surface area contributed by atoms with E-state index in [0.717, 1.165) is 6.42 Å². The number of nitrogens with zero attached hydrogens (tertiary/aromatic N) is 1. The van der Waals surface area contributed by atoms with Crippen LogP contribution < -0.4 is 5.32 Å². The van der Waals surface area contributed by atoms with E-state index in [1.807, 2.05) is 20.8 Å². The zero-order valence-electron chi connectivity index (χ0n) is 10.6. The van der Waals surface area contributed by atoms with Crippen molar-refractivity contribution in [1.29, 1.82) is 0 Å². The number of rotatable bonds is 7. The fourth-order valence-electron chi connectivity index (χ4n) is 1.63. The van der Waals surface area contributed by atoms with E-state index in [4.69, 9.17) is 0 Å². The summed E-state index contributed by atoms with van der Waals surface area (Å²) in [4.78, 5) is 1.48. The van der Waals surface area contributed by atoms with E-state index in [-0.39, 0.29) is 6.04 Å². The number of nitrogens with one attached hydrogen (secondary N) is 1. The van der Waals surface area contributed by atoms with Crippen molar-refractivity contribution in [2.24, 2.45) is 0 Å². The Hall–Kier alpha value is -0.290. The molecule has 0 aliphatic carbocycles. The zero-order chi connectivity index (χ0) is 12.8. The first-order chi connectivity index (χ1) is 7.30. The first kappa shape index (κ1) is 15.7. The molecule has 0 spiro atoms. The summed E-state index contributed by atoms with van der Waals surface area (Å²) in [6, 6.07) is 0.257. The molecule has 16 heavy (non-hydrogen) atoms. The average Bonchev–Trinajstić information content (AvgIpc) is 2.14. The van der Waals surface area contributed by atoms with Crippen molar-refractivity contribution in [3.63, 3.8) is 0 Å². The van der Waals surface area contributed by atoms with Crippen LogP contribution in [0.15, 0.2) is 0 Å². The van der Waals surface area contributed by atoms with Crippen molar-refractivity contribution in [2.45, 2.75) is 52.4 Å². The normalized spacial score (nSPS) is 14.8. The van der Waals surface area contributed by atoms with Gasteiger partial charge in [0.2, 0.25) is 0 Å². The summed E-state index contributed by atoms with van der Waals surface area (Å²) < 4.78 is 37.0. The maximum Gasteiger partial charge on any atom is 0.401 e. The van der Waals surface area contributed by atoms with Gasteiger partial charge in [0.15, 0.2) is 0 Å². The van der Waals surface area contributed by atoms with Crippen molar-refractivity contribution >= 4 is 0 Å². The summed E-state index contributed by atoms with van der Waals surface area (Å²) in [5.74, 6) is 0. The smallest absolute Gasteiger partial charge is 0.313 e. The first-order valence-corrected chi connectivity index (χ1v) is 5.84. The number of hydrogen-bond donors (Lipinski definition) is 1. The van der Waals surface area contributed by atoms with Gasteiger partial charge in [-0.05, 0) is 13.0 Å². The molecule has 0 bridgehead atoms. The minimum atomic E-state index is -4.11. The average molecular weight is 240 g/mol. The molecule has 0 aromatic rings. The summed E-state index contributed by atoms with van der Waals surface area (Å²) in [5.41, 5.74) is 0. The molecule has 0 amide bonds. The van der Waals surface area contributed by atoms with Crippen LogP contribution in [0.25, 0.3) is 0 Å². The highest BCUT2D eigenvalue weighted by molar-refractivity contribution is 4.75. The van der Waals surface area contributed by atoms with Crippen molar-refractivity contribution in [2.75, 3.05) is 19.6 Å². The Balaban J connectivity index is 4.27. The first-order valence-electron chi connectivity index (χ1n) is 5.84. The van der Waals surface area contributed by atoms with Crippen LogP contribution in [0.5, 0.6) is 0 Å². The second kappa shape index (κ2) is 7.12. The van der Waals surface area contributed by atoms with Gasteiger partial charge in [0.25, 0.3) is 0 Å². The lowest BCUT2D eigenvalue weighted by molar-refractivity contribution is -0.150. The van der Waals surface area contributed by atoms with Gasteiger partial charge in [0.1, 0.15) is 0 Å². The Kier molecular flexibility index (Phi) is 6.99. The lowest BCUT2D eigenvalue weighted by Crippen LogP contribution is -2.47. The summed E-state index contributed by atoms with van der Waals surface area (Å²) in [7, 11) is 0. The SMILES string of the molecule is CCC(CNC(C)C)N(CC)CC(F)(F)F. The molecule has 0 saturated carbocycles. The molecule has 0 aliphatic rings. The number of halogens is 3. The minimum absolute atomic E-state index is 0.0472. The van der Waals surface area contributed by atoms with Gasteiger partial charge in [-0.15, -0.1) is 0 Å². The third kappa shape index (κ3) is 7.06. The highest BCUT2D eigenvalue weighted by Crippen LogP contribution is 2.18. The molecule has 98 valence electrons. The van der Waals surface area contributed by atoms with Gasteiger partial charge in [-0.1, -0.05) is 27.7 Å². The Morgan fingerprint density at radius 3 is 2.06 bits per heavy atom. The quantitative estimate of drug-likeness (QED) is 0.736. The molecule has 0 aliphatic heterocycles. The molecule has 0 aromatic heterocycles. The highest BCUT2D eigenvalue weighted by atomic mass is 19.4. The molecular weight excluding hydrogens is 217 g/mol. The monoisotopic (exact) mass is 240 g/mol. The summed E-state index contributed by atoms with van der Waals surface area (Å²) in [6.07, 6.45) is -3.38. The molecule has 1 N–H and O–H groups in total. The highest BCUT2D eigenvalue weighted by Gasteiger charge is 2.32. The van der Waals surface area contributed by atoms with Crippen LogP contribution in [0.3, 0.4) is 0 Å². The van der Waals surface area contributed by atoms with Crippen molar-refractivity contribution in [3.8, 4) is 0 Å². The maximum atomic E-state index is 12.3. The standard InChI is InChI=1S/C11H23F3N2/c1-5-10(7-15-9(3)4)16(6-2)8-11(12,13)14/h9-10,15H,5-8H2,1-4H3. The van der Waals surface area contributed by atoms with E-state index in [1.165, 1.54) is 4.90 Å². The topological polar surface area (TPSA) is 15.3 Å². The van der Waals surface area contributed by atoms with Crippen LogP contribution in [0.2, 0.25) is 0 Å². The Labute approximate surface area is 96.2 Å². The van der Waals surface area contributed by atoms with Crippen LogP contribution in [0, 0.1) is 0 Å². The predicted molar refractivity (Wildman–Crippen MR) is 60.5 cm³/mol. The molecular formula is C11H23F3N2. The molecule has 1 unspecified atom stereocenters. The lowest BCUT2D eigenvalue weighted by Gasteiger charge is -2.31. The molecule has 5 heteroatoms. The van der Waals surface area contributed by atoms with Crippen LogP contribution >= 0.6 is 0 Å². The maximum absolute atomic E-state index is 12.3. The van der Waals surface area contributed by atoms with E-state index in [0.29, 0.717) is 19.1 Å². The zero-order valence-corrected chi connectivity index (χ0v) is 10.6. The van der Waals surface area contributed by atoms with Gasteiger partial charge in [0, 0.05) is 18.6 Å². The van der Waals surface area contributed by atoms with Crippen molar-refractivity contribution in [3.05, 3.63) is 0 Å². The van der Waals surface area contributed by atoms with Crippen molar-refractivity contribution < 1.29 is 13.2 Å². The molecule has 0 fully saturated rings. The van der Waals surface area contributed by atoms with Crippen molar-refractivity contribution in [1.82, 2.24) is 10.2 Å². The van der Waals surface area contributed by atoms with Crippen LogP contribution in [0.1, 0.15) is 34.1 Å². The van der Waals surface area contributed by atoms with E-state index in [1.54, 1.807) is 6.92 Å². The van der Waals surface area contributed by atoms with Crippen LogP contribution in [0.4, 0.5) is 13.2 Å². The minimum Gasteiger partial charge on any atom is -0.313 e. The molecule has 1 atom stereocenters. The van der Waals surface area contributed by atoms with Gasteiger partial charge >= 0.3 is 6.18 Å². The third-order valence-electron chi connectivity index (χ3n) is 2.54. The van der Waals surface area contributed by atoms with Gasteiger partial charge < -0.3 is 5.32 Å². The fourth-order valence-corrected chi connectivity index (χ4v) is 1.63. The van der Waals surface area contributed by atoms with E-state index < -0.39 is 12.7 Å². The predicted octanol–water partition coefficient (Wildman–Crippen LogP) is 2.65. The second-order valence-corrected chi connectivity index (χ2v) is 4.30. The third-order valence-corrected chi connectivity index (χ3v) is 2.54. The fraction of sp³-hybridized carbons (Fsp3) is 1.00. The largest absolute Gasteiger partial charge is 0.401 e. The van der Waals surface area contributed by atoms with Gasteiger partial charge in [-0.25, -0.2) is 0 Å². The second-order valence-electron chi connectivity index (χ2n) is 4.30. The Morgan fingerprint density at radius 1 is 1.19 bits per heavy atom. The lowest BCUT2D eigenvalue weighted by atomic mass is 10.1. The van der Waals surface area contributed by atoms with E-state index in [9.17, 15) is 13.2 Å². The summed E-state index contributed by atoms with van der Waals surface area (Å²) in [5, 5.41) is 3.19. The molecule has 0 rings (SSSR count). The summed E-state index contributed by atoms with van der Waals surface area (Å²) >= 11 is 0. The van der Waals surface area contributed by atoms with Crippen LogP contribution in [-0.2, 0) is 0 Å². The molecule has 0 aromatic carbocycles. The molecule has 0 radical (unpaired) electrons. The summed E-state index contributed by atoms with van der Waals surface area (Å²) in [6.45, 7) is 7.90. The Bertz CT molecular complexity index is 181.